The molecule has 1 heterocycles. The molecule has 0 fully saturated rings. The van der Waals surface area contributed by atoms with Gasteiger partial charge in [0.25, 0.3) is 11.7 Å². The minimum atomic E-state index is -0.983. The van der Waals surface area contributed by atoms with E-state index in [0.717, 1.165) is 27.8 Å². The summed E-state index contributed by atoms with van der Waals surface area (Å²) in [6.07, 6.45) is 1.85. The summed E-state index contributed by atoms with van der Waals surface area (Å²) in [5.41, 5.74) is 11.5. The van der Waals surface area contributed by atoms with E-state index in [1.807, 2.05) is 73.0 Å². The van der Waals surface area contributed by atoms with Crippen LogP contribution < -0.4 is 10.5 Å². The zero-order chi connectivity index (χ0) is 23.5. The highest BCUT2D eigenvalue weighted by atomic mass is 16.5. The van der Waals surface area contributed by atoms with Crippen molar-refractivity contribution in [2.45, 2.75) is 20.4 Å². The van der Waals surface area contributed by atoms with Crippen molar-refractivity contribution in [3.8, 4) is 16.9 Å². The quantitative estimate of drug-likeness (QED) is 0.297. The summed E-state index contributed by atoms with van der Waals surface area (Å²) in [6, 6.07) is 21.9. The van der Waals surface area contributed by atoms with Crippen LogP contribution in [-0.2, 0) is 11.3 Å². The number of hydrogen-bond acceptors (Lipinski definition) is 3. The number of carbonyl (C=O) groups excluding carboxylic acids is 2. The van der Waals surface area contributed by atoms with E-state index < -0.39 is 11.7 Å². The number of benzene rings is 3. The number of amides is 1. The minimum Gasteiger partial charge on any atom is -0.493 e. The van der Waals surface area contributed by atoms with Crippen LogP contribution in [0.4, 0.5) is 0 Å². The molecule has 5 nitrogen and oxygen atoms in total. The molecule has 0 aliphatic heterocycles. The van der Waals surface area contributed by atoms with E-state index in [2.05, 4.69) is 24.8 Å². The van der Waals surface area contributed by atoms with Crippen molar-refractivity contribution in [1.29, 1.82) is 0 Å². The minimum absolute atomic E-state index is 0.297. The van der Waals surface area contributed by atoms with Crippen LogP contribution in [-0.4, -0.2) is 22.9 Å². The highest BCUT2D eigenvalue weighted by Gasteiger charge is 2.26. The molecule has 0 saturated heterocycles. The average Bonchev–Trinajstić information content (AvgIpc) is 3.11. The van der Waals surface area contributed by atoms with E-state index in [-0.39, 0.29) is 0 Å². The summed E-state index contributed by atoms with van der Waals surface area (Å²) in [5.74, 6) is -1.14. The monoisotopic (exact) mass is 438 g/mol. The Morgan fingerprint density at radius 1 is 1.00 bits per heavy atom. The van der Waals surface area contributed by atoms with Gasteiger partial charge < -0.3 is 15.0 Å². The third kappa shape index (κ3) is 3.94. The van der Waals surface area contributed by atoms with Crippen molar-refractivity contribution in [3.63, 3.8) is 0 Å². The first-order valence-corrected chi connectivity index (χ1v) is 10.9. The Bertz CT molecular complexity index is 1380. The molecule has 0 unspecified atom stereocenters. The lowest BCUT2D eigenvalue weighted by molar-refractivity contribution is -0.114. The summed E-state index contributed by atoms with van der Waals surface area (Å²) in [4.78, 5) is 24.7. The topological polar surface area (TPSA) is 74.3 Å². The number of aromatic nitrogens is 1. The summed E-state index contributed by atoms with van der Waals surface area (Å²) < 4.78 is 7.85. The van der Waals surface area contributed by atoms with E-state index in [0.29, 0.717) is 35.5 Å². The zero-order valence-corrected chi connectivity index (χ0v) is 18.8. The van der Waals surface area contributed by atoms with Gasteiger partial charge in [-0.1, -0.05) is 67.3 Å². The number of primary amides is 1. The maximum atomic E-state index is 12.8. The van der Waals surface area contributed by atoms with Crippen molar-refractivity contribution < 1.29 is 14.3 Å². The number of Topliss-reactive ketones (excluding diaryl/α,β-unsaturated/α-hetero) is 1. The highest BCUT2D eigenvalue weighted by molar-refractivity contribution is 6.45. The van der Waals surface area contributed by atoms with Crippen molar-refractivity contribution in [1.82, 2.24) is 4.57 Å². The summed E-state index contributed by atoms with van der Waals surface area (Å²) >= 11 is 0. The smallest absolute Gasteiger partial charge is 0.289 e. The maximum Gasteiger partial charge on any atom is 0.289 e. The van der Waals surface area contributed by atoms with Crippen LogP contribution in [0.15, 0.2) is 73.3 Å². The van der Waals surface area contributed by atoms with Gasteiger partial charge >= 0.3 is 0 Å². The standard InChI is InChI=1S/C28H26N2O3/c1-4-19-11-6-8-13-21(19)22-14-9-7-12-20(22)17-30-18(3)25(27(31)28(29)32)26-23(30)15-10-16-24(26)33-5-2/h4,6-16H,1,5,17H2,2-3H3,(H2,29,32). The number of rotatable bonds is 8. The van der Waals surface area contributed by atoms with Gasteiger partial charge in [0, 0.05) is 12.2 Å². The molecule has 4 rings (SSSR count). The summed E-state index contributed by atoms with van der Waals surface area (Å²) in [7, 11) is 0. The summed E-state index contributed by atoms with van der Waals surface area (Å²) in [5, 5.41) is 0.615. The predicted octanol–water partition coefficient (Wildman–Crippen LogP) is 5.37. The molecule has 0 aliphatic carbocycles. The Kier molecular flexibility index (Phi) is 6.13. The first-order valence-electron chi connectivity index (χ1n) is 10.9. The fraction of sp³-hybridized carbons (Fsp3) is 0.143. The number of ketones is 1. The number of nitrogens with two attached hydrogens (primary N) is 1. The molecule has 33 heavy (non-hydrogen) atoms. The largest absolute Gasteiger partial charge is 0.493 e. The SMILES string of the molecule is C=Cc1ccccc1-c1ccccc1Cn1c(C)c(C(=O)C(N)=O)c2c(OCC)cccc21. The second kappa shape index (κ2) is 9.17. The van der Waals surface area contributed by atoms with Crippen LogP contribution in [0.1, 0.15) is 34.1 Å². The third-order valence-electron chi connectivity index (χ3n) is 5.88. The average molecular weight is 439 g/mol. The van der Waals surface area contributed by atoms with Crippen LogP contribution in [0.5, 0.6) is 5.75 Å². The predicted molar refractivity (Wildman–Crippen MR) is 132 cm³/mol. The number of hydrogen-bond donors (Lipinski definition) is 1. The second-order valence-electron chi connectivity index (χ2n) is 7.77. The van der Waals surface area contributed by atoms with Gasteiger partial charge in [-0.3, -0.25) is 9.59 Å². The van der Waals surface area contributed by atoms with E-state index in [1.165, 1.54) is 0 Å². The van der Waals surface area contributed by atoms with Crippen molar-refractivity contribution >= 4 is 28.7 Å². The molecule has 166 valence electrons. The lowest BCUT2D eigenvalue weighted by Gasteiger charge is -2.15. The van der Waals surface area contributed by atoms with Crippen molar-refractivity contribution in [2.24, 2.45) is 5.73 Å². The molecule has 0 bridgehead atoms. The third-order valence-corrected chi connectivity index (χ3v) is 5.88. The Hall–Kier alpha value is -4.12. The second-order valence-corrected chi connectivity index (χ2v) is 7.77. The molecule has 0 radical (unpaired) electrons. The molecule has 2 N–H and O–H groups in total. The fourth-order valence-corrected chi connectivity index (χ4v) is 4.38. The molecule has 0 aliphatic rings. The molecule has 4 aromatic rings. The fourth-order valence-electron chi connectivity index (χ4n) is 4.38. The van der Waals surface area contributed by atoms with E-state index >= 15 is 0 Å². The number of carbonyl (C=O) groups is 2. The van der Waals surface area contributed by atoms with Crippen molar-refractivity contribution in [3.05, 3.63) is 95.7 Å². The van der Waals surface area contributed by atoms with E-state index in [9.17, 15) is 9.59 Å². The Morgan fingerprint density at radius 2 is 1.70 bits per heavy atom. The zero-order valence-electron chi connectivity index (χ0n) is 18.8. The molecule has 0 saturated carbocycles. The van der Waals surface area contributed by atoms with E-state index in [1.54, 1.807) is 0 Å². The van der Waals surface area contributed by atoms with Crippen LogP contribution in [0.2, 0.25) is 0 Å². The first-order chi connectivity index (χ1) is 16.0. The number of nitrogens with zero attached hydrogens (tertiary/aromatic N) is 1. The van der Waals surface area contributed by atoms with Gasteiger partial charge in [-0.2, -0.15) is 0 Å². The molecule has 0 atom stereocenters. The van der Waals surface area contributed by atoms with Crippen molar-refractivity contribution in [2.75, 3.05) is 6.61 Å². The first kappa shape index (κ1) is 22.1. The Labute approximate surface area is 193 Å². The van der Waals surface area contributed by atoms with Gasteiger partial charge in [-0.15, -0.1) is 0 Å². The molecule has 3 aromatic carbocycles. The maximum absolute atomic E-state index is 12.8. The highest BCUT2D eigenvalue weighted by Crippen LogP contribution is 2.36. The molecule has 1 aromatic heterocycles. The number of fused-ring (bicyclic) bond motifs is 1. The molecular weight excluding hydrogens is 412 g/mol. The Morgan fingerprint density at radius 3 is 2.39 bits per heavy atom. The number of ether oxygens (including phenoxy) is 1. The van der Waals surface area contributed by atoms with Crippen LogP contribution in [0.3, 0.4) is 0 Å². The Balaban J connectivity index is 1.94. The van der Waals surface area contributed by atoms with Gasteiger partial charge in [-0.05, 0) is 48.2 Å². The molecule has 0 spiro atoms. The van der Waals surface area contributed by atoms with Gasteiger partial charge in [0.2, 0.25) is 0 Å². The van der Waals surface area contributed by atoms with Gasteiger partial charge in [0.15, 0.2) is 0 Å². The summed E-state index contributed by atoms with van der Waals surface area (Å²) in [6.45, 7) is 8.62. The lowest BCUT2D eigenvalue weighted by Crippen LogP contribution is -2.24. The van der Waals surface area contributed by atoms with Gasteiger partial charge in [0.05, 0.1) is 23.1 Å². The van der Waals surface area contributed by atoms with Gasteiger partial charge in [0.1, 0.15) is 5.75 Å². The van der Waals surface area contributed by atoms with Crippen LogP contribution >= 0.6 is 0 Å². The molecular formula is C28H26N2O3. The van der Waals surface area contributed by atoms with Crippen LogP contribution in [0, 0.1) is 6.92 Å². The van der Waals surface area contributed by atoms with Crippen LogP contribution in [0.25, 0.3) is 28.1 Å². The van der Waals surface area contributed by atoms with E-state index in [4.69, 9.17) is 10.5 Å². The molecule has 5 heteroatoms. The normalized spacial score (nSPS) is 10.8. The lowest BCUT2D eigenvalue weighted by atomic mass is 9.95. The molecule has 1 amide bonds. The van der Waals surface area contributed by atoms with Gasteiger partial charge in [-0.25, -0.2) is 0 Å².